The van der Waals surface area contributed by atoms with Crippen LogP contribution in [0.1, 0.15) is 55.1 Å². The van der Waals surface area contributed by atoms with E-state index >= 15 is 0 Å². The predicted molar refractivity (Wildman–Crippen MR) is 97.0 cm³/mol. The van der Waals surface area contributed by atoms with Crippen LogP contribution in [0.3, 0.4) is 0 Å². The fourth-order valence-corrected chi connectivity index (χ4v) is 3.43. The molecule has 2 aromatic rings. The van der Waals surface area contributed by atoms with Crippen molar-refractivity contribution in [2.45, 2.75) is 51.8 Å². The van der Waals surface area contributed by atoms with Crippen LogP contribution in [0.2, 0.25) is 0 Å². The van der Waals surface area contributed by atoms with Gasteiger partial charge in [0.25, 0.3) is 0 Å². The highest BCUT2D eigenvalue weighted by molar-refractivity contribution is 7.09. The van der Waals surface area contributed by atoms with Crippen LogP contribution in [0, 0.1) is 6.92 Å². The molecule has 0 unspecified atom stereocenters. The molecule has 0 saturated heterocycles. The van der Waals surface area contributed by atoms with E-state index in [1.807, 2.05) is 56.5 Å². The van der Waals surface area contributed by atoms with Gasteiger partial charge in [0.05, 0.1) is 12.1 Å². The van der Waals surface area contributed by atoms with Gasteiger partial charge in [0.2, 0.25) is 0 Å². The summed E-state index contributed by atoms with van der Waals surface area (Å²) in [6, 6.07) is 9.01. The summed E-state index contributed by atoms with van der Waals surface area (Å²) in [5, 5.41) is 19.0. The third-order valence-corrected chi connectivity index (χ3v) is 4.86. The van der Waals surface area contributed by atoms with Crippen LogP contribution in [-0.2, 0) is 0 Å². The maximum atomic E-state index is 12.2. The number of aryl methyl sites for hydroxylation is 1. The second kappa shape index (κ2) is 8.80. The van der Waals surface area contributed by atoms with Crippen LogP contribution in [0.4, 0.5) is 4.79 Å². The van der Waals surface area contributed by atoms with Gasteiger partial charge in [-0.1, -0.05) is 37.3 Å². The average molecular weight is 347 g/mol. The van der Waals surface area contributed by atoms with Crippen molar-refractivity contribution in [3.63, 3.8) is 0 Å². The number of carbonyl (C=O) groups excluding carboxylic acids is 1. The Balaban J connectivity index is 1.84. The highest BCUT2D eigenvalue weighted by Crippen LogP contribution is 2.21. The molecule has 2 rings (SSSR count). The van der Waals surface area contributed by atoms with Gasteiger partial charge in [-0.15, -0.1) is 11.3 Å². The van der Waals surface area contributed by atoms with Crippen molar-refractivity contribution in [1.29, 1.82) is 0 Å². The highest BCUT2D eigenvalue weighted by Gasteiger charge is 2.18. The molecular weight excluding hydrogens is 322 g/mol. The van der Waals surface area contributed by atoms with Gasteiger partial charge in [-0.25, -0.2) is 9.78 Å². The molecule has 1 aromatic carbocycles. The summed E-state index contributed by atoms with van der Waals surface area (Å²) in [7, 11) is 0. The van der Waals surface area contributed by atoms with Gasteiger partial charge in [-0.2, -0.15) is 0 Å². The molecule has 3 atom stereocenters. The predicted octanol–water partition coefficient (Wildman–Crippen LogP) is 3.71. The van der Waals surface area contributed by atoms with Gasteiger partial charge in [0.15, 0.2) is 0 Å². The number of hydrogen-bond donors (Lipinski definition) is 3. The maximum Gasteiger partial charge on any atom is 0.315 e. The average Bonchev–Trinajstić information content (AvgIpc) is 2.99. The van der Waals surface area contributed by atoms with Crippen molar-refractivity contribution >= 4 is 17.4 Å². The first-order chi connectivity index (χ1) is 11.5. The molecule has 2 amide bonds. The van der Waals surface area contributed by atoms with Crippen molar-refractivity contribution in [3.8, 4) is 0 Å². The van der Waals surface area contributed by atoms with Crippen molar-refractivity contribution < 1.29 is 9.90 Å². The molecule has 1 heterocycles. The van der Waals surface area contributed by atoms with E-state index in [0.29, 0.717) is 6.42 Å². The number of benzene rings is 1. The molecule has 1 aromatic heterocycles. The van der Waals surface area contributed by atoms with E-state index in [9.17, 15) is 9.90 Å². The molecule has 0 radical (unpaired) electrons. The Bertz CT molecular complexity index is 645. The van der Waals surface area contributed by atoms with Crippen LogP contribution in [0.25, 0.3) is 0 Å². The standard InChI is InChI=1S/C18H25N3O2S/c1-4-15(17-19-13(3)11-24-17)21-18(23)20-12(2)10-16(22)14-8-6-5-7-9-14/h5-9,11-12,15-16,22H,4,10H2,1-3H3,(H2,20,21,23)/t12-,15-,16-/m0/s1. The second-order valence-corrected chi connectivity index (χ2v) is 6.86. The van der Waals surface area contributed by atoms with E-state index < -0.39 is 6.10 Å². The summed E-state index contributed by atoms with van der Waals surface area (Å²) in [5.74, 6) is 0. The Hall–Kier alpha value is -1.92. The molecule has 0 fully saturated rings. The largest absolute Gasteiger partial charge is 0.388 e. The zero-order valence-electron chi connectivity index (χ0n) is 14.3. The van der Waals surface area contributed by atoms with Crippen LogP contribution in [-0.4, -0.2) is 22.2 Å². The molecule has 3 N–H and O–H groups in total. The van der Waals surface area contributed by atoms with Crippen LogP contribution < -0.4 is 10.6 Å². The molecule has 0 saturated carbocycles. The molecule has 24 heavy (non-hydrogen) atoms. The van der Waals surface area contributed by atoms with Gasteiger partial charge < -0.3 is 15.7 Å². The molecule has 5 nitrogen and oxygen atoms in total. The maximum absolute atomic E-state index is 12.2. The number of urea groups is 1. The molecule has 0 aliphatic rings. The molecule has 130 valence electrons. The summed E-state index contributed by atoms with van der Waals surface area (Å²) in [4.78, 5) is 16.6. The van der Waals surface area contributed by atoms with Gasteiger partial charge in [-0.3, -0.25) is 0 Å². The summed E-state index contributed by atoms with van der Waals surface area (Å²) in [5.41, 5.74) is 1.83. The van der Waals surface area contributed by atoms with E-state index in [1.54, 1.807) is 11.3 Å². The number of amides is 2. The van der Waals surface area contributed by atoms with Gasteiger partial charge in [0, 0.05) is 17.1 Å². The molecule has 0 spiro atoms. The normalized spacial score (nSPS) is 14.7. The number of rotatable bonds is 7. The fraction of sp³-hybridized carbons (Fsp3) is 0.444. The van der Waals surface area contributed by atoms with E-state index in [2.05, 4.69) is 15.6 Å². The molecule has 0 aliphatic carbocycles. The van der Waals surface area contributed by atoms with E-state index in [4.69, 9.17) is 0 Å². The Kier molecular flexibility index (Phi) is 6.75. The first kappa shape index (κ1) is 18.4. The van der Waals surface area contributed by atoms with Crippen LogP contribution in [0.15, 0.2) is 35.7 Å². The lowest BCUT2D eigenvalue weighted by Gasteiger charge is -2.21. The molecule has 0 aliphatic heterocycles. The smallest absolute Gasteiger partial charge is 0.315 e. The lowest BCUT2D eigenvalue weighted by atomic mass is 10.0. The second-order valence-electron chi connectivity index (χ2n) is 5.97. The summed E-state index contributed by atoms with van der Waals surface area (Å²) in [6.45, 7) is 5.85. The van der Waals surface area contributed by atoms with E-state index in [1.165, 1.54) is 0 Å². The summed E-state index contributed by atoms with van der Waals surface area (Å²) >= 11 is 1.56. The number of aliphatic hydroxyl groups excluding tert-OH is 1. The fourth-order valence-electron chi connectivity index (χ4n) is 2.50. The minimum absolute atomic E-state index is 0.0880. The topological polar surface area (TPSA) is 74.2 Å². The minimum atomic E-state index is -0.593. The summed E-state index contributed by atoms with van der Waals surface area (Å²) in [6.07, 6.45) is 0.650. The first-order valence-corrected chi connectivity index (χ1v) is 9.09. The first-order valence-electron chi connectivity index (χ1n) is 8.21. The minimum Gasteiger partial charge on any atom is -0.388 e. The summed E-state index contributed by atoms with van der Waals surface area (Å²) < 4.78 is 0. The number of aromatic nitrogens is 1. The van der Waals surface area contributed by atoms with E-state index in [-0.39, 0.29) is 18.1 Å². The third-order valence-electron chi connectivity index (χ3n) is 3.79. The van der Waals surface area contributed by atoms with Crippen molar-refractivity contribution in [2.24, 2.45) is 0 Å². The lowest BCUT2D eigenvalue weighted by Crippen LogP contribution is -2.42. The number of nitrogens with zero attached hydrogens (tertiary/aromatic N) is 1. The van der Waals surface area contributed by atoms with Gasteiger partial charge in [0.1, 0.15) is 5.01 Å². The van der Waals surface area contributed by atoms with Crippen LogP contribution >= 0.6 is 11.3 Å². The monoisotopic (exact) mass is 347 g/mol. The SMILES string of the molecule is CC[C@H](NC(=O)N[C@@H](C)C[C@H](O)c1ccccc1)c1nc(C)cs1. The van der Waals surface area contributed by atoms with Crippen molar-refractivity contribution in [2.75, 3.05) is 0 Å². The zero-order valence-corrected chi connectivity index (χ0v) is 15.1. The Morgan fingerprint density at radius 1 is 1.29 bits per heavy atom. The van der Waals surface area contributed by atoms with Gasteiger partial charge >= 0.3 is 6.03 Å². The number of thiazole rings is 1. The van der Waals surface area contributed by atoms with E-state index in [0.717, 1.165) is 22.7 Å². The lowest BCUT2D eigenvalue weighted by molar-refractivity contribution is 0.154. The van der Waals surface area contributed by atoms with Crippen LogP contribution in [0.5, 0.6) is 0 Å². The Labute approximate surface area is 147 Å². The zero-order chi connectivity index (χ0) is 17.5. The highest BCUT2D eigenvalue weighted by atomic mass is 32.1. The van der Waals surface area contributed by atoms with Crippen molar-refractivity contribution in [3.05, 3.63) is 52.0 Å². The quantitative estimate of drug-likeness (QED) is 0.715. The Morgan fingerprint density at radius 3 is 2.58 bits per heavy atom. The third kappa shape index (κ3) is 5.32. The number of hydrogen-bond acceptors (Lipinski definition) is 4. The van der Waals surface area contributed by atoms with Gasteiger partial charge in [-0.05, 0) is 32.3 Å². The number of aliphatic hydroxyl groups is 1. The number of nitrogens with one attached hydrogen (secondary N) is 2. The van der Waals surface area contributed by atoms with Crippen molar-refractivity contribution in [1.82, 2.24) is 15.6 Å². The molecule has 0 bridgehead atoms. The number of carbonyl (C=O) groups is 1. The molecular formula is C18H25N3O2S. The molecule has 6 heteroatoms. The Morgan fingerprint density at radius 2 is 2.00 bits per heavy atom.